The summed E-state index contributed by atoms with van der Waals surface area (Å²) in [4.78, 5) is 30.1. The number of Topliss-reactive ketones (excluding diaryl/α,β-unsaturated/α-hetero) is 1. The zero-order valence-corrected chi connectivity index (χ0v) is 26.8. The molecule has 0 aromatic heterocycles. The molecule has 39 heavy (non-hydrogen) atoms. The first-order valence-electron chi connectivity index (χ1n) is 13.9. The lowest BCUT2D eigenvalue weighted by atomic mass is 9.79. The van der Waals surface area contributed by atoms with Gasteiger partial charge in [-0.25, -0.2) is 0 Å². The number of aromatic hydroxyl groups is 1. The molecule has 1 aliphatic rings. The molecule has 1 atom stereocenters. The SMILES string of the molecule is CCC(C)(SCC(=O)N1CCN(c2ccc(C(C)=O)cc2)CC1)Sc1cc(C(C)(C)C)c(O)c(C(C)(C)C)c1. The van der Waals surface area contributed by atoms with Crippen LogP contribution in [-0.4, -0.2) is 57.7 Å². The summed E-state index contributed by atoms with van der Waals surface area (Å²) in [5.74, 6) is 1.10. The highest BCUT2D eigenvalue weighted by Gasteiger charge is 2.31. The zero-order chi connectivity index (χ0) is 29.2. The van der Waals surface area contributed by atoms with Crippen LogP contribution in [0.1, 0.15) is 90.2 Å². The Morgan fingerprint density at radius 3 is 1.82 bits per heavy atom. The Bertz CT molecular complexity index is 1140. The molecule has 1 saturated heterocycles. The van der Waals surface area contributed by atoms with Crippen molar-refractivity contribution in [1.82, 2.24) is 4.90 Å². The maximum atomic E-state index is 13.2. The van der Waals surface area contributed by atoms with Gasteiger partial charge in [-0.1, -0.05) is 48.5 Å². The van der Waals surface area contributed by atoms with Crippen LogP contribution in [0, 0.1) is 0 Å². The van der Waals surface area contributed by atoms with E-state index in [0.29, 0.717) is 24.6 Å². The topological polar surface area (TPSA) is 60.9 Å². The standard InChI is InChI=1S/C32H46N2O3S2/c1-10-32(9,39-25-19-26(30(3,4)5)29(37)27(20-25)31(6,7)8)38-21-28(36)34-17-15-33(16-18-34)24-13-11-23(12-14-24)22(2)35/h11-14,19-20,37H,10,15-18,21H2,1-9H3. The Labute approximate surface area is 244 Å². The zero-order valence-electron chi connectivity index (χ0n) is 25.2. The molecule has 214 valence electrons. The number of rotatable bonds is 8. The van der Waals surface area contributed by atoms with Crippen molar-refractivity contribution in [2.45, 2.75) is 88.5 Å². The number of piperazine rings is 1. The molecule has 0 radical (unpaired) electrons. The number of hydrogen-bond donors (Lipinski definition) is 1. The number of nitrogens with zero attached hydrogens (tertiary/aromatic N) is 2. The molecule has 2 aromatic carbocycles. The van der Waals surface area contributed by atoms with Gasteiger partial charge in [-0.2, -0.15) is 0 Å². The van der Waals surface area contributed by atoms with Crippen LogP contribution < -0.4 is 4.90 Å². The van der Waals surface area contributed by atoms with Gasteiger partial charge in [-0.05, 0) is 67.5 Å². The van der Waals surface area contributed by atoms with Crippen molar-refractivity contribution in [2.24, 2.45) is 0 Å². The summed E-state index contributed by atoms with van der Waals surface area (Å²) in [5.41, 5.74) is 3.39. The average molecular weight is 571 g/mol. The minimum Gasteiger partial charge on any atom is -0.507 e. The van der Waals surface area contributed by atoms with Crippen molar-refractivity contribution in [2.75, 3.05) is 36.8 Å². The van der Waals surface area contributed by atoms with Crippen molar-refractivity contribution in [1.29, 1.82) is 0 Å². The highest BCUT2D eigenvalue weighted by molar-refractivity contribution is 8.18. The normalized spacial score (nSPS) is 16.2. The quantitative estimate of drug-likeness (QED) is 0.202. The summed E-state index contributed by atoms with van der Waals surface area (Å²) in [5, 5.41) is 11.1. The van der Waals surface area contributed by atoms with Crippen molar-refractivity contribution in [3.63, 3.8) is 0 Å². The van der Waals surface area contributed by atoms with Crippen LogP contribution in [0.4, 0.5) is 5.69 Å². The summed E-state index contributed by atoms with van der Waals surface area (Å²) in [6.45, 7) is 21.8. The van der Waals surface area contributed by atoms with E-state index in [0.717, 1.165) is 46.8 Å². The van der Waals surface area contributed by atoms with Gasteiger partial charge in [0.1, 0.15) is 5.75 Å². The Hall–Kier alpha value is -2.12. The van der Waals surface area contributed by atoms with Gasteiger partial charge in [0, 0.05) is 53.5 Å². The Kier molecular flexibility index (Phi) is 9.80. The predicted octanol–water partition coefficient (Wildman–Crippen LogP) is 7.49. The Morgan fingerprint density at radius 1 is 0.872 bits per heavy atom. The van der Waals surface area contributed by atoms with E-state index in [1.165, 1.54) is 0 Å². The lowest BCUT2D eigenvalue weighted by Gasteiger charge is -2.37. The van der Waals surface area contributed by atoms with E-state index in [2.05, 4.69) is 72.4 Å². The van der Waals surface area contributed by atoms with Gasteiger partial charge in [-0.15, -0.1) is 23.5 Å². The van der Waals surface area contributed by atoms with Crippen LogP contribution in [0.15, 0.2) is 41.3 Å². The van der Waals surface area contributed by atoms with Crippen LogP contribution in [0.2, 0.25) is 0 Å². The monoisotopic (exact) mass is 570 g/mol. The second kappa shape index (κ2) is 12.2. The maximum Gasteiger partial charge on any atom is 0.232 e. The van der Waals surface area contributed by atoms with Crippen molar-refractivity contribution < 1.29 is 14.7 Å². The molecule has 2 aromatic rings. The summed E-state index contributed by atoms with van der Waals surface area (Å²) in [6.07, 6.45) is 0.913. The molecular formula is C32H46N2O3S2. The smallest absolute Gasteiger partial charge is 0.232 e. The summed E-state index contributed by atoms with van der Waals surface area (Å²) in [6, 6.07) is 12.0. The number of amides is 1. The van der Waals surface area contributed by atoms with Gasteiger partial charge in [0.05, 0.1) is 9.83 Å². The number of hydrogen-bond acceptors (Lipinski definition) is 6. The van der Waals surface area contributed by atoms with E-state index >= 15 is 0 Å². The first kappa shape index (κ1) is 31.4. The number of phenolic OH excluding ortho intramolecular Hbond substituents is 1. The lowest BCUT2D eigenvalue weighted by molar-refractivity contribution is -0.128. The maximum absolute atomic E-state index is 13.2. The molecule has 1 N–H and O–H groups in total. The van der Waals surface area contributed by atoms with Crippen LogP contribution in [-0.2, 0) is 15.6 Å². The Morgan fingerprint density at radius 2 is 1.38 bits per heavy atom. The van der Waals surface area contributed by atoms with E-state index in [-0.39, 0.29) is 26.6 Å². The van der Waals surface area contributed by atoms with Crippen LogP contribution in [0.5, 0.6) is 5.75 Å². The molecule has 1 unspecified atom stereocenters. The molecule has 3 rings (SSSR count). The van der Waals surface area contributed by atoms with E-state index in [4.69, 9.17) is 0 Å². The molecular weight excluding hydrogens is 524 g/mol. The number of thioether (sulfide) groups is 2. The predicted molar refractivity (Wildman–Crippen MR) is 168 cm³/mol. The highest BCUT2D eigenvalue weighted by atomic mass is 32.2. The number of ketones is 1. The molecule has 0 saturated carbocycles. The second-order valence-electron chi connectivity index (χ2n) is 12.7. The molecule has 7 heteroatoms. The number of carbonyl (C=O) groups is 2. The summed E-state index contributed by atoms with van der Waals surface area (Å²) < 4.78 is -0.169. The van der Waals surface area contributed by atoms with Crippen LogP contribution >= 0.6 is 23.5 Å². The fourth-order valence-corrected chi connectivity index (χ4v) is 7.20. The van der Waals surface area contributed by atoms with Crippen LogP contribution in [0.25, 0.3) is 0 Å². The molecule has 0 bridgehead atoms. The number of carbonyl (C=O) groups excluding carboxylic acids is 2. The third-order valence-corrected chi connectivity index (χ3v) is 10.5. The molecule has 0 aliphatic carbocycles. The molecule has 1 fully saturated rings. The molecule has 0 spiro atoms. The minimum absolute atomic E-state index is 0.0707. The van der Waals surface area contributed by atoms with E-state index in [1.54, 1.807) is 30.4 Å². The molecule has 1 aliphatic heterocycles. The average Bonchev–Trinajstić information content (AvgIpc) is 2.87. The lowest BCUT2D eigenvalue weighted by Crippen LogP contribution is -2.49. The molecule has 1 amide bonds. The third-order valence-electron chi connectivity index (χ3n) is 7.45. The second-order valence-corrected chi connectivity index (χ2v) is 16.0. The van der Waals surface area contributed by atoms with Gasteiger partial charge in [0.15, 0.2) is 5.78 Å². The molecule has 1 heterocycles. The van der Waals surface area contributed by atoms with E-state index in [1.807, 2.05) is 29.2 Å². The fraction of sp³-hybridized carbons (Fsp3) is 0.562. The highest BCUT2D eigenvalue weighted by Crippen LogP contribution is 2.48. The number of benzene rings is 2. The van der Waals surface area contributed by atoms with Gasteiger partial charge in [0.25, 0.3) is 0 Å². The van der Waals surface area contributed by atoms with Crippen LogP contribution in [0.3, 0.4) is 0 Å². The van der Waals surface area contributed by atoms with Gasteiger partial charge in [0.2, 0.25) is 5.91 Å². The number of anilines is 1. The van der Waals surface area contributed by atoms with Gasteiger partial charge < -0.3 is 14.9 Å². The van der Waals surface area contributed by atoms with Gasteiger partial charge in [-0.3, -0.25) is 9.59 Å². The van der Waals surface area contributed by atoms with Crippen molar-refractivity contribution in [3.05, 3.63) is 53.1 Å². The van der Waals surface area contributed by atoms with Crippen molar-refractivity contribution >= 4 is 40.9 Å². The van der Waals surface area contributed by atoms with E-state index in [9.17, 15) is 14.7 Å². The van der Waals surface area contributed by atoms with E-state index < -0.39 is 0 Å². The van der Waals surface area contributed by atoms with Gasteiger partial charge >= 0.3 is 0 Å². The minimum atomic E-state index is -0.177. The fourth-order valence-electron chi connectivity index (χ4n) is 4.69. The summed E-state index contributed by atoms with van der Waals surface area (Å²) >= 11 is 3.52. The first-order chi connectivity index (χ1) is 18.0. The summed E-state index contributed by atoms with van der Waals surface area (Å²) in [7, 11) is 0. The number of phenols is 1. The largest absolute Gasteiger partial charge is 0.507 e. The first-order valence-corrected chi connectivity index (χ1v) is 15.7. The third kappa shape index (κ3) is 7.97. The Balaban J connectivity index is 1.65. The van der Waals surface area contributed by atoms with Crippen molar-refractivity contribution in [3.8, 4) is 5.75 Å². The molecule has 5 nitrogen and oxygen atoms in total.